The average Bonchev–Trinajstić information content (AvgIpc) is 2.32. The van der Waals surface area contributed by atoms with Crippen LogP contribution in [0, 0.1) is 19.8 Å². The molecule has 0 saturated carbocycles. The Kier molecular flexibility index (Phi) is 6.55. The number of H-pyrrole nitrogens is 1. The van der Waals surface area contributed by atoms with Crippen LogP contribution in [-0.2, 0) is 0 Å². The van der Waals surface area contributed by atoms with Gasteiger partial charge in [0, 0.05) is 24.3 Å². The van der Waals surface area contributed by atoms with Crippen molar-refractivity contribution in [1.29, 1.82) is 0 Å². The molecule has 5 nitrogen and oxygen atoms in total. The molecule has 1 aromatic rings. The van der Waals surface area contributed by atoms with E-state index in [1.807, 2.05) is 13.8 Å². The van der Waals surface area contributed by atoms with Gasteiger partial charge in [-0.1, -0.05) is 13.8 Å². The molecule has 2 unspecified atom stereocenters. The lowest BCUT2D eigenvalue weighted by Gasteiger charge is -2.28. The Morgan fingerprint density at radius 2 is 1.86 bits per heavy atom. The van der Waals surface area contributed by atoms with Crippen molar-refractivity contribution in [3.8, 4) is 0 Å². The summed E-state index contributed by atoms with van der Waals surface area (Å²) in [6, 6.07) is 0.460. The highest BCUT2D eigenvalue weighted by Gasteiger charge is 2.18. The van der Waals surface area contributed by atoms with E-state index in [4.69, 9.17) is 0 Å². The largest absolute Gasteiger partial charge is 0.310 e. The van der Waals surface area contributed by atoms with E-state index in [9.17, 15) is 4.79 Å². The zero-order valence-electron chi connectivity index (χ0n) is 14.4. The summed E-state index contributed by atoms with van der Waals surface area (Å²) >= 11 is 0. The van der Waals surface area contributed by atoms with Crippen LogP contribution >= 0.6 is 0 Å². The minimum absolute atomic E-state index is 0.00328. The summed E-state index contributed by atoms with van der Waals surface area (Å²) in [6.45, 7) is 11.1. The van der Waals surface area contributed by atoms with Crippen LogP contribution in [-0.4, -0.2) is 41.5 Å². The van der Waals surface area contributed by atoms with Gasteiger partial charge >= 0.3 is 0 Å². The van der Waals surface area contributed by atoms with Gasteiger partial charge < -0.3 is 15.2 Å². The molecule has 1 rings (SSSR count). The van der Waals surface area contributed by atoms with Crippen molar-refractivity contribution >= 4 is 0 Å². The fourth-order valence-electron chi connectivity index (χ4n) is 2.68. The van der Waals surface area contributed by atoms with Crippen molar-refractivity contribution in [2.24, 2.45) is 5.92 Å². The topological polar surface area (TPSA) is 61.0 Å². The first-order valence-electron chi connectivity index (χ1n) is 7.69. The number of likely N-dealkylation sites (N-methyl/N-ethyl adjacent to an activating group) is 1. The first-order chi connectivity index (χ1) is 9.72. The summed E-state index contributed by atoms with van der Waals surface area (Å²) in [5.41, 5.74) is 1.51. The first kappa shape index (κ1) is 17.9. The maximum atomic E-state index is 12.1. The molecule has 0 saturated heterocycles. The Balaban J connectivity index is 2.77. The molecule has 1 heterocycles. The molecule has 0 amide bonds. The quantitative estimate of drug-likeness (QED) is 0.807. The predicted molar refractivity (Wildman–Crippen MR) is 87.7 cm³/mol. The van der Waals surface area contributed by atoms with Crippen molar-refractivity contribution in [2.45, 2.75) is 53.1 Å². The Hall–Kier alpha value is -1.20. The molecule has 0 bridgehead atoms. The van der Waals surface area contributed by atoms with E-state index in [1.54, 1.807) is 6.92 Å². The van der Waals surface area contributed by atoms with Crippen molar-refractivity contribution in [3.05, 3.63) is 27.4 Å². The number of aryl methyl sites for hydroxylation is 2. The fraction of sp³-hybridized carbons (Fsp3) is 0.750. The van der Waals surface area contributed by atoms with Crippen LogP contribution in [0.25, 0.3) is 0 Å². The summed E-state index contributed by atoms with van der Waals surface area (Å²) in [4.78, 5) is 21.5. The molecule has 0 aliphatic carbocycles. The maximum absolute atomic E-state index is 12.1. The van der Waals surface area contributed by atoms with Gasteiger partial charge in [0.25, 0.3) is 5.56 Å². The van der Waals surface area contributed by atoms with Crippen LogP contribution in [0.4, 0.5) is 0 Å². The van der Waals surface area contributed by atoms with Crippen molar-refractivity contribution in [3.63, 3.8) is 0 Å². The number of nitrogens with zero attached hydrogens (tertiary/aromatic N) is 2. The van der Waals surface area contributed by atoms with E-state index >= 15 is 0 Å². The average molecular weight is 294 g/mol. The van der Waals surface area contributed by atoms with Crippen molar-refractivity contribution in [1.82, 2.24) is 20.2 Å². The van der Waals surface area contributed by atoms with E-state index in [0.717, 1.165) is 24.2 Å². The molecule has 0 fully saturated rings. The summed E-state index contributed by atoms with van der Waals surface area (Å²) in [6.07, 6.45) is 1.13. The first-order valence-corrected chi connectivity index (χ1v) is 7.69. The minimum atomic E-state index is -0.0368. The fourth-order valence-corrected chi connectivity index (χ4v) is 2.68. The lowest BCUT2D eigenvalue weighted by atomic mass is 10.0. The third-order valence-corrected chi connectivity index (χ3v) is 3.83. The Labute approximate surface area is 128 Å². The Morgan fingerprint density at radius 1 is 1.24 bits per heavy atom. The van der Waals surface area contributed by atoms with Crippen LogP contribution in [0.5, 0.6) is 0 Å². The molecule has 1 aromatic heterocycles. The zero-order chi connectivity index (χ0) is 16.2. The second-order valence-corrected chi connectivity index (χ2v) is 6.53. The number of aromatic amines is 1. The molecule has 0 spiro atoms. The highest BCUT2D eigenvalue weighted by molar-refractivity contribution is 5.20. The van der Waals surface area contributed by atoms with Gasteiger partial charge in [-0.15, -0.1) is 0 Å². The second-order valence-electron chi connectivity index (χ2n) is 6.53. The van der Waals surface area contributed by atoms with Crippen LogP contribution in [0.15, 0.2) is 4.79 Å². The number of rotatable bonds is 7. The molecular weight excluding hydrogens is 264 g/mol. The maximum Gasteiger partial charge on any atom is 0.255 e. The van der Waals surface area contributed by atoms with Gasteiger partial charge in [0.1, 0.15) is 5.82 Å². The number of hydrogen-bond acceptors (Lipinski definition) is 4. The second kappa shape index (κ2) is 7.71. The Morgan fingerprint density at radius 3 is 2.33 bits per heavy atom. The summed E-state index contributed by atoms with van der Waals surface area (Å²) in [7, 11) is 4.20. The van der Waals surface area contributed by atoms with Crippen LogP contribution in [0.2, 0.25) is 0 Å². The van der Waals surface area contributed by atoms with E-state index in [1.165, 1.54) is 0 Å². The molecule has 2 N–H and O–H groups in total. The molecule has 0 radical (unpaired) electrons. The number of hydrogen-bond donors (Lipinski definition) is 2. The third-order valence-electron chi connectivity index (χ3n) is 3.83. The van der Waals surface area contributed by atoms with Crippen LogP contribution in [0.3, 0.4) is 0 Å². The van der Waals surface area contributed by atoms with Gasteiger partial charge in [-0.25, -0.2) is 4.98 Å². The third kappa shape index (κ3) is 5.25. The molecular formula is C16H30N4O. The highest BCUT2D eigenvalue weighted by Crippen LogP contribution is 2.13. The van der Waals surface area contributed by atoms with E-state index in [-0.39, 0.29) is 11.6 Å². The van der Waals surface area contributed by atoms with Gasteiger partial charge in [0.05, 0.1) is 5.56 Å². The lowest BCUT2D eigenvalue weighted by molar-refractivity contribution is 0.241. The van der Waals surface area contributed by atoms with Crippen molar-refractivity contribution in [2.75, 3.05) is 20.6 Å². The minimum Gasteiger partial charge on any atom is -0.310 e. The lowest BCUT2D eigenvalue weighted by Crippen LogP contribution is -2.40. The molecule has 0 aromatic carbocycles. The normalized spacial score (nSPS) is 14.7. The van der Waals surface area contributed by atoms with Gasteiger partial charge in [0.15, 0.2) is 0 Å². The molecule has 120 valence electrons. The van der Waals surface area contributed by atoms with Gasteiger partial charge in [0.2, 0.25) is 0 Å². The van der Waals surface area contributed by atoms with E-state index in [2.05, 4.69) is 48.1 Å². The van der Waals surface area contributed by atoms with Gasteiger partial charge in [-0.3, -0.25) is 4.79 Å². The van der Waals surface area contributed by atoms with Gasteiger partial charge in [-0.2, -0.15) is 0 Å². The van der Waals surface area contributed by atoms with Gasteiger partial charge in [-0.05, 0) is 47.2 Å². The molecule has 0 aliphatic heterocycles. The van der Waals surface area contributed by atoms with Crippen LogP contribution < -0.4 is 10.9 Å². The van der Waals surface area contributed by atoms with E-state index in [0.29, 0.717) is 17.8 Å². The summed E-state index contributed by atoms with van der Waals surface area (Å²) < 4.78 is 0. The van der Waals surface area contributed by atoms with E-state index < -0.39 is 0 Å². The molecule has 21 heavy (non-hydrogen) atoms. The van der Waals surface area contributed by atoms with Crippen LogP contribution in [0.1, 0.15) is 50.3 Å². The zero-order valence-corrected chi connectivity index (χ0v) is 14.4. The number of nitrogens with one attached hydrogen (secondary N) is 2. The highest BCUT2D eigenvalue weighted by atomic mass is 16.1. The Bertz CT molecular complexity index is 507. The standard InChI is InChI=1S/C16H30N4O/c1-10(2)8-14(20(6)7)9-17-11(3)15-12(4)18-13(5)19-16(15)21/h10-11,14,17H,8-9H2,1-7H3,(H,18,19,21). The molecule has 5 heteroatoms. The molecule has 0 aliphatic rings. The smallest absolute Gasteiger partial charge is 0.255 e. The summed E-state index contributed by atoms with van der Waals surface area (Å²) in [5.74, 6) is 1.32. The number of aromatic nitrogens is 2. The van der Waals surface area contributed by atoms with Crippen molar-refractivity contribution < 1.29 is 0 Å². The SMILES string of the molecule is Cc1nc(C)c(C(C)NCC(CC(C)C)N(C)C)c(=O)[nH]1. The molecule has 2 atom stereocenters. The monoisotopic (exact) mass is 294 g/mol. The summed E-state index contributed by atoms with van der Waals surface area (Å²) in [5, 5.41) is 3.49. The predicted octanol–water partition coefficient (Wildman–Crippen LogP) is 2.01.